The molecule has 0 fully saturated rings. The second-order valence-electron chi connectivity index (χ2n) is 3.67. The van der Waals surface area contributed by atoms with E-state index in [1.165, 1.54) is 0 Å². The molecule has 0 atom stereocenters. The number of halogens is 4. The Labute approximate surface area is 120 Å². The highest BCUT2D eigenvalue weighted by Gasteiger charge is 2.10. The van der Waals surface area contributed by atoms with Gasteiger partial charge in [0, 0.05) is 5.02 Å². The van der Waals surface area contributed by atoms with E-state index in [1.807, 2.05) is 25.1 Å². The van der Waals surface area contributed by atoms with Crippen molar-refractivity contribution >= 4 is 46.4 Å². The lowest BCUT2D eigenvalue weighted by molar-refractivity contribution is 1.46. The van der Waals surface area contributed by atoms with Gasteiger partial charge in [-0.2, -0.15) is 0 Å². The Morgan fingerprint density at radius 2 is 1.41 bits per heavy atom. The summed E-state index contributed by atoms with van der Waals surface area (Å²) in [5.41, 5.74) is 2.89. The van der Waals surface area contributed by atoms with Crippen LogP contribution in [-0.4, -0.2) is 0 Å². The molecule has 0 spiro atoms. The number of rotatable bonds is 1. The van der Waals surface area contributed by atoms with Crippen molar-refractivity contribution in [3.8, 4) is 11.1 Å². The topological polar surface area (TPSA) is 0 Å². The van der Waals surface area contributed by atoms with Crippen molar-refractivity contribution in [1.82, 2.24) is 0 Å². The summed E-state index contributed by atoms with van der Waals surface area (Å²) in [6.07, 6.45) is 0. The first-order chi connectivity index (χ1) is 8.00. The highest BCUT2D eigenvalue weighted by molar-refractivity contribution is 6.48. The molecule has 0 bridgehead atoms. The zero-order valence-corrected chi connectivity index (χ0v) is 11.9. The van der Waals surface area contributed by atoms with Gasteiger partial charge in [0.1, 0.15) is 0 Å². The minimum Gasteiger partial charge on any atom is -0.0840 e. The van der Waals surface area contributed by atoms with E-state index < -0.39 is 0 Å². The average molecular weight is 306 g/mol. The molecule has 0 heterocycles. The Kier molecular flexibility index (Phi) is 3.89. The summed E-state index contributed by atoms with van der Waals surface area (Å²) in [5, 5.41) is 1.96. The van der Waals surface area contributed by atoms with Crippen LogP contribution in [0.25, 0.3) is 11.1 Å². The zero-order chi connectivity index (χ0) is 12.6. The second kappa shape index (κ2) is 5.07. The molecule has 17 heavy (non-hydrogen) atoms. The van der Waals surface area contributed by atoms with Crippen LogP contribution in [0.1, 0.15) is 5.56 Å². The highest BCUT2D eigenvalue weighted by Crippen LogP contribution is 2.37. The Bertz CT molecular complexity index is 553. The molecule has 0 amide bonds. The molecule has 0 nitrogen and oxygen atoms in total. The standard InChI is InChI=1S/C13H8Cl4/c1-7-9(3-2-4-10(7)14)8-5-11(15)13(17)12(16)6-8/h2-6H,1H3. The maximum Gasteiger partial charge on any atom is 0.0778 e. The fourth-order valence-electron chi connectivity index (χ4n) is 1.63. The van der Waals surface area contributed by atoms with Crippen molar-refractivity contribution < 1.29 is 0 Å². The zero-order valence-electron chi connectivity index (χ0n) is 8.90. The van der Waals surface area contributed by atoms with Gasteiger partial charge in [0.15, 0.2) is 0 Å². The van der Waals surface area contributed by atoms with Crippen LogP contribution in [0.5, 0.6) is 0 Å². The van der Waals surface area contributed by atoms with Gasteiger partial charge in [0.05, 0.1) is 15.1 Å². The van der Waals surface area contributed by atoms with Crippen LogP contribution in [-0.2, 0) is 0 Å². The molecule has 4 heteroatoms. The summed E-state index contributed by atoms with van der Waals surface area (Å²) in [6.45, 7) is 1.95. The summed E-state index contributed by atoms with van der Waals surface area (Å²) in [6, 6.07) is 9.28. The predicted molar refractivity (Wildman–Crippen MR) is 76.7 cm³/mol. The van der Waals surface area contributed by atoms with Gasteiger partial charge in [0.25, 0.3) is 0 Å². The van der Waals surface area contributed by atoms with E-state index in [9.17, 15) is 0 Å². The van der Waals surface area contributed by atoms with E-state index in [0.29, 0.717) is 20.1 Å². The maximum atomic E-state index is 6.08. The van der Waals surface area contributed by atoms with E-state index in [1.54, 1.807) is 12.1 Å². The Morgan fingerprint density at radius 1 is 0.824 bits per heavy atom. The number of hydrogen-bond acceptors (Lipinski definition) is 0. The fraction of sp³-hybridized carbons (Fsp3) is 0.0769. The van der Waals surface area contributed by atoms with Gasteiger partial charge in [-0.3, -0.25) is 0 Å². The van der Waals surface area contributed by atoms with Gasteiger partial charge < -0.3 is 0 Å². The van der Waals surface area contributed by atoms with E-state index in [0.717, 1.165) is 16.7 Å². The summed E-state index contributed by atoms with van der Waals surface area (Å²) in [4.78, 5) is 0. The van der Waals surface area contributed by atoms with E-state index in [-0.39, 0.29) is 0 Å². The Balaban J connectivity index is 2.65. The summed E-state index contributed by atoms with van der Waals surface area (Å²) in [5.74, 6) is 0. The molecule has 88 valence electrons. The van der Waals surface area contributed by atoms with E-state index in [2.05, 4.69) is 0 Å². The quantitative estimate of drug-likeness (QED) is 0.544. The lowest BCUT2D eigenvalue weighted by Gasteiger charge is -2.09. The maximum absolute atomic E-state index is 6.08. The summed E-state index contributed by atoms with van der Waals surface area (Å²) in [7, 11) is 0. The average Bonchev–Trinajstić information content (AvgIpc) is 2.29. The van der Waals surface area contributed by atoms with E-state index in [4.69, 9.17) is 46.4 Å². The molecule has 0 aliphatic heterocycles. The molecular formula is C13H8Cl4. The van der Waals surface area contributed by atoms with Crippen LogP contribution < -0.4 is 0 Å². The third-order valence-corrected chi connectivity index (χ3v) is 4.17. The van der Waals surface area contributed by atoms with Crippen LogP contribution in [0.4, 0.5) is 0 Å². The van der Waals surface area contributed by atoms with Crippen LogP contribution >= 0.6 is 46.4 Å². The molecule has 0 aliphatic carbocycles. The molecule has 0 radical (unpaired) electrons. The molecular weight excluding hydrogens is 298 g/mol. The van der Waals surface area contributed by atoms with Crippen molar-refractivity contribution in [2.24, 2.45) is 0 Å². The molecule has 2 rings (SSSR count). The van der Waals surface area contributed by atoms with Crippen molar-refractivity contribution in [2.75, 3.05) is 0 Å². The van der Waals surface area contributed by atoms with Crippen molar-refractivity contribution in [1.29, 1.82) is 0 Å². The first-order valence-corrected chi connectivity index (χ1v) is 6.42. The van der Waals surface area contributed by atoms with Crippen LogP contribution in [0.3, 0.4) is 0 Å². The van der Waals surface area contributed by atoms with Crippen LogP contribution in [0.2, 0.25) is 20.1 Å². The van der Waals surface area contributed by atoms with Crippen LogP contribution in [0.15, 0.2) is 30.3 Å². The monoisotopic (exact) mass is 304 g/mol. The second-order valence-corrected chi connectivity index (χ2v) is 5.27. The summed E-state index contributed by atoms with van der Waals surface area (Å²) < 4.78 is 0. The highest BCUT2D eigenvalue weighted by atomic mass is 35.5. The Hall–Kier alpha value is -0.400. The third kappa shape index (κ3) is 2.56. The lowest BCUT2D eigenvalue weighted by Crippen LogP contribution is -1.85. The molecule has 0 saturated carbocycles. The minimum atomic E-state index is 0.372. The van der Waals surface area contributed by atoms with E-state index >= 15 is 0 Å². The molecule has 2 aromatic carbocycles. The predicted octanol–water partition coefficient (Wildman–Crippen LogP) is 6.28. The van der Waals surface area contributed by atoms with Gasteiger partial charge in [-0.1, -0.05) is 58.5 Å². The minimum absolute atomic E-state index is 0.372. The SMILES string of the molecule is Cc1c(Cl)cccc1-c1cc(Cl)c(Cl)c(Cl)c1. The molecule has 0 unspecified atom stereocenters. The van der Waals surface area contributed by atoms with Gasteiger partial charge in [-0.15, -0.1) is 0 Å². The number of benzene rings is 2. The third-order valence-electron chi connectivity index (χ3n) is 2.56. The fourth-order valence-corrected chi connectivity index (χ4v) is 2.40. The summed E-state index contributed by atoms with van der Waals surface area (Å²) >= 11 is 24.0. The molecule has 2 aromatic rings. The van der Waals surface area contributed by atoms with Crippen molar-refractivity contribution in [3.63, 3.8) is 0 Å². The Morgan fingerprint density at radius 3 is 2.00 bits per heavy atom. The molecule has 0 N–H and O–H groups in total. The van der Waals surface area contributed by atoms with Crippen molar-refractivity contribution in [2.45, 2.75) is 6.92 Å². The smallest absolute Gasteiger partial charge is 0.0778 e. The van der Waals surface area contributed by atoms with Gasteiger partial charge in [-0.05, 0) is 41.8 Å². The normalized spacial score (nSPS) is 10.6. The molecule has 0 aromatic heterocycles. The van der Waals surface area contributed by atoms with Crippen LogP contribution in [0, 0.1) is 6.92 Å². The first-order valence-electron chi connectivity index (χ1n) is 4.90. The van der Waals surface area contributed by atoms with Gasteiger partial charge in [-0.25, -0.2) is 0 Å². The molecule has 0 aliphatic rings. The molecule has 0 saturated heterocycles. The first kappa shape index (κ1) is 13.0. The largest absolute Gasteiger partial charge is 0.0840 e. The van der Waals surface area contributed by atoms with Gasteiger partial charge in [0.2, 0.25) is 0 Å². The lowest BCUT2D eigenvalue weighted by atomic mass is 10.0. The van der Waals surface area contributed by atoms with Crippen molar-refractivity contribution in [3.05, 3.63) is 56.0 Å². The van der Waals surface area contributed by atoms with Gasteiger partial charge >= 0.3 is 0 Å². The number of hydrogen-bond donors (Lipinski definition) is 0.